The third kappa shape index (κ3) is 1.86. The van der Waals surface area contributed by atoms with Gasteiger partial charge < -0.3 is 9.52 Å². The van der Waals surface area contributed by atoms with Gasteiger partial charge >= 0.3 is 0 Å². The molecule has 0 bridgehead atoms. The fourth-order valence-corrected chi connectivity index (χ4v) is 2.94. The molecule has 0 aliphatic carbocycles. The number of phenols is 1. The normalized spacial score (nSPS) is 11.4. The molecule has 4 rings (SSSR count). The Bertz CT molecular complexity index is 1020. The maximum Gasteiger partial charge on any atom is 0.136 e. The maximum atomic E-state index is 14.3. The molecule has 22 heavy (non-hydrogen) atoms. The van der Waals surface area contributed by atoms with Crippen molar-refractivity contribution in [3.63, 3.8) is 0 Å². The lowest BCUT2D eigenvalue weighted by atomic mass is 9.98. The van der Waals surface area contributed by atoms with Crippen molar-refractivity contribution >= 4 is 33.5 Å². The van der Waals surface area contributed by atoms with Crippen LogP contribution in [-0.4, -0.2) is 5.11 Å². The standard InChI is InChI=1S/C18H10ClFO2/c19-10-5-6-13(20)12(9-10)17-14(21)7-8-16-18(17)11-3-1-2-4-15(11)22-16/h1-9,21H. The molecule has 0 aliphatic rings. The highest BCUT2D eigenvalue weighted by atomic mass is 35.5. The molecule has 0 aliphatic heterocycles. The molecule has 3 aromatic carbocycles. The second-order valence-electron chi connectivity index (χ2n) is 5.06. The van der Waals surface area contributed by atoms with Crippen molar-refractivity contribution in [3.8, 4) is 16.9 Å². The number of rotatable bonds is 1. The molecule has 0 spiro atoms. The monoisotopic (exact) mass is 312 g/mol. The molecule has 0 fully saturated rings. The molecule has 1 heterocycles. The molecule has 0 saturated carbocycles. The van der Waals surface area contributed by atoms with E-state index in [2.05, 4.69) is 0 Å². The van der Waals surface area contributed by atoms with Crippen LogP contribution in [0, 0.1) is 5.82 Å². The van der Waals surface area contributed by atoms with Crippen molar-refractivity contribution in [2.45, 2.75) is 0 Å². The third-order valence-electron chi connectivity index (χ3n) is 3.72. The van der Waals surface area contributed by atoms with Crippen LogP contribution >= 0.6 is 11.6 Å². The fraction of sp³-hybridized carbons (Fsp3) is 0. The van der Waals surface area contributed by atoms with E-state index in [1.165, 1.54) is 24.3 Å². The Morgan fingerprint density at radius 3 is 2.64 bits per heavy atom. The predicted octanol–water partition coefficient (Wildman–Crippen LogP) is 5.75. The van der Waals surface area contributed by atoms with Crippen LogP contribution in [-0.2, 0) is 0 Å². The highest BCUT2D eigenvalue weighted by Gasteiger charge is 2.18. The average Bonchev–Trinajstić information content (AvgIpc) is 2.89. The van der Waals surface area contributed by atoms with Crippen molar-refractivity contribution in [3.05, 3.63) is 65.4 Å². The SMILES string of the molecule is Oc1ccc2oc3ccccc3c2c1-c1cc(Cl)ccc1F. The summed E-state index contributed by atoms with van der Waals surface area (Å²) >= 11 is 5.99. The second-order valence-corrected chi connectivity index (χ2v) is 5.49. The third-order valence-corrected chi connectivity index (χ3v) is 3.95. The Balaban J connectivity index is 2.21. The lowest BCUT2D eigenvalue weighted by Gasteiger charge is -2.08. The van der Waals surface area contributed by atoms with E-state index in [1.807, 2.05) is 24.3 Å². The Kier molecular flexibility index (Phi) is 2.84. The highest BCUT2D eigenvalue weighted by Crippen LogP contribution is 2.42. The minimum absolute atomic E-state index is 0.0137. The van der Waals surface area contributed by atoms with E-state index in [4.69, 9.17) is 16.0 Å². The van der Waals surface area contributed by atoms with Crippen molar-refractivity contribution in [2.24, 2.45) is 0 Å². The van der Waals surface area contributed by atoms with Crippen LogP contribution in [0.25, 0.3) is 33.1 Å². The smallest absolute Gasteiger partial charge is 0.136 e. The average molecular weight is 313 g/mol. The van der Waals surface area contributed by atoms with Gasteiger partial charge in [0.25, 0.3) is 0 Å². The summed E-state index contributed by atoms with van der Waals surface area (Å²) in [5, 5.41) is 12.2. The molecule has 4 aromatic rings. The van der Waals surface area contributed by atoms with E-state index in [1.54, 1.807) is 6.07 Å². The quantitative estimate of drug-likeness (QED) is 0.485. The first-order chi connectivity index (χ1) is 10.6. The van der Waals surface area contributed by atoms with Gasteiger partial charge in [0.05, 0.1) is 0 Å². The number of phenolic OH excluding ortho intramolecular Hbond substituents is 1. The fourth-order valence-electron chi connectivity index (χ4n) is 2.77. The molecule has 1 N–H and O–H groups in total. The number of benzene rings is 3. The maximum absolute atomic E-state index is 14.3. The Morgan fingerprint density at radius 1 is 0.955 bits per heavy atom. The molecule has 2 nitrogen and oxygen atoms in total. The van der Waals surface area contributed by atoms with Crippen molar-refractivity contribution < 1.29 is 13.9 Å². The Labute approximate surface area is 130 Å². The summed E-state index contributed by atoms with van der Waals surface area (Å²) in [4.78, 5) is 0. The number of halogens is 2. The number of hydrogen-bond donors (Lipinski definition) is 1. The van der Waals surface area contributed by atoms with Gasteiger partial charge in [-0.1, -0.05) is 29.8 Å². The van der Waals surface area contributed by atoms with Gasteiger partial charge in [-0.3, -0.25) is 0 Å². The summed E-state index contributed by atoms with van der Waals surface area (Å²) in [6, 6.07) is 14.9. The molecule has 1 aromatic heterocycles. The van der Waals surface area contributed by atoms with E-state index in [-0.39, 0.29) is 11.3 Å². The van der Waals surface area contributed by atoms with Gasteiger partial charge in [-0.15, -0.1) is 0 Å². The van der Waals surface area contributed by atoms with Gasteiger partial charge in [-0.25, -0.2) is 4.39 Å². The molecule has 0 atom stereocenters. The number of para-hydroxylation sites is 1. The zero-order chi connectivity index (χ0) is 15.3. The van der Waals surface area contributed by atoms with Crippen LogP contribution in [0.2, 0.25) is 5.02 Å². The highest BCUT2D eigenvalue weighted by molar-refractivity contribution is 6.31. The molecular weight excluding hydrogens is 303 g/mol. The number of aromatic hydroxyl groups is 1. The summed E-state index contributed by atoms with van der Waals surface area (Å²) < 4.78 is 20.0. The zero-order valence-corrected chi connectivity index (χ0v) is 12.1. The van der Waals surface area contributed by atoms with E-state index >= 15 is 0 Å². The summed E-state index contributed by atoms with van der Waals surface area (Å²) in [6.45, 7) is 0. The molecule has 0 amide bonds. The summed E-state index contributed by atoms with van der Waals surface area (Å²) in [5.41, 5.74) is 1.92. The van der Waals surface area contributed by atoms with E-state index in [9.17, 15) is 9.50 Å². The first-order valence-corrected chi connectivity index (χ1v) is 7.11. The second kappa shape index (κ2) is 4.75. The summed E-state index contributed by atoms with van der Waals surface area (Å²) in [6.07, 6.45) is 0. The minimum atomic E-state index is -0.447. The molecule has 0 saturated heterocycles. The van der Waals surface area contributed by atoms with Gasteiger partial charge in [-0.2, -0.15) is 0 Å². The van der Waals surface area contributed by atoms with Crippen LogP contribution in [0.3, 0.4) is 0 Å². The zero-order valence-electron chi connectivity index (χ0n) is 11.3. The first kappa shape index (κ1) is 13.2. The van der Waals surface area contributed by atoms with Crippen LogP contribution < -0.4 is 0 Å². The summed E-state index contributed by atoms with van der Waals surface area (Å²) in [7, 11) is 0. The number of hydrogen-bond acceptors (Lipinski definition) is 2. The number of fused-ring (bicyclic) bond motifs is 3. The Hall–Kier alpha value is -2.52. The van der Waals surface area contributed by atoms with Crippen LogP contribution in [0.1, 0.15) is 0 Å². The van der Waals surface area contributed by atoms with E-state index in [0.717, 1.165) is 5.39 Å². The van der Waals surface area contributed by atoms with Gasteiger partial charge in [0.2, 0.25) is 0 Å². The first-order valence-electron chi connectivity index (χ1n) is 6.74. The largest absolute Gasteiger partial charge is 0.507 e. The van der Waals surface area contributed by atoms with Crippen LogP contribution in [0.4, 0.5) is 4.39 Å². The number of furan rings is 1. The topological polar surface area (TPSA) is 33.4 Å². The molecule has 4 heteroatoms. The summed E-state index contributed by atoms with van der Waals surface area (Å²) in [5.74, 6) is -0.460. The predicted molar refractivity (Wildman–Crippen MR) is 85.8 cm³/mol. The Morgan fingerprint density at radius 2 is 1.77 bits per heavy atom. The van der Waals surface area contributed by atoms with Crippen LogP contribution in [0.15, 0.2) is 59.0 Å². The lowest BCUT2D eigenvalue weighted by molar-refractivity contribution is 0.477. The van der Waals surface area contributed by atoms with Gasteiger partial charge in [0.15, 0.2) is 0 Å². The van der Waals surface area contributed by atoms with Crippen molar-refractivity contribution in [1.29, 1.82) is 0 Å². The molecular formula is C18H10ClFO2. The lowest BCUT2D eigenvalue weighted by Crippen LogP contribution is -1.86. The van der Waals surface area contributed by atoms with Gasteiger partial charge in [0, 0.05) is 26.9 Å². The van der Waals surface area contributed by atoms with Crippen LogP contribution in [0.5, 0.6) is 5.75 Å². The van der Waals surface area contributed by atoms with Crippen molar-refractivity contribution in [2.75, 3.05) is 0 Å². The van der Waals surface area contributed by atoms with Crippen molar-refractivity contribution in [1.82, 2.24) is 0 Å². The molecule has 108 valence electrons. The molecule has 0 unspecified atom stereocenters. The van der Waals surface area contributed by atoms with Gasteiger partial charge in [-0.05, 0) is 36.4 Å². The van der Waals surface area contributed by atoms with E-state index < -0.39 is 5.82 Å². The minimum Gasteiger partial charge on any atom is -0.507 e. The molecule has 0 radical (unpaired) electrons. The van der Waals surface area contributed by atoms with E-state index in [0.29, 0.717) is 27.1 Å². The van der Waals surface area contributed by atoms with Gasteiger partial charge in [0.1, 0.15) is 22.7 Å².